The average Bonchev–Trinajstić information content (AvgIpc) is 3.08. The molecule has 3 rings (SSSR count). The van der Waals surface area contributed by atoms with Crippen molar-refractivity contribution in [3.8, 4) is 17.0 Å². The van der Waals surface area contributed by atoms with Gasteiger partial charge in [-0.05, 0) is 53.7 Å². The Labute approximate surface area is 140 Å². The third-order valence-corrected chi connectivity index (χ3v) is 3.89. The Morgan fingerprint density at radius 3 is 2.25 bits per heavy atom. The second-order valence-corrected chi connectivity index (χ2v) is 6.03. The summed E-state index contributed by atoms with van der Waals surface area (Å²) < 4.78 is 47.2. The fourth-order valence-electron chi connectivity index (χ4n) is 2.04. The molecule has 1 aromatic heterocycles. The first-order valence-electron chi connectivity index (χ1n) is 6.98. The standard InChI is InChI=1S/C17H12F3NO2S/c18-17(19,20)24-15-7-1-12(2-8-15)11-22-14-5-3-13(4-6-14)16-9-10-23-21-16/h1-10H,11H2. The van der Waals surface area contributed by atoms with Gasteiger partial charge in [0.1, 0.15) is 24.3 Å². The zero-order valence-electron chi connectivity index (χ0n) is 12.3. The number of rotatable bonds is 5. The minimum Gasteiger partial charge on any atom is -0.489 e. The van der Waals surface area contributed by atoms with Gasteiger partial charge >= 0.3 is 5.51 Å². The summed E-state index contributed by atoms with van der Waals surface area (Å²) in [6, 6.07) is 15.2. The van der Waals surface area contributed by atoms with Gasteiger partial charge in [0, 0.05) is 16.5 Å². The number of aromatic nitrogens is 1. The monoisotopic (exact) mass is 351 g/mol. The van der Waals surface area contributed by atoms with E-state index in [2.05, 4.69) is 5.16 Å². The first kappa shape index (κ1) is 16.4. The second kappa shape index (κ2) is 7.00. The Morgan fingerprint density at radius 1 is 0.958 bits per heavy atom. The Balaban J connectivity index is 1.57. The van der Waals surface area contributed by atoms with Gasteiger partial charge in [-0.3, -0.25) is 0 Å². The summed E-state index contributed by atoms with van der Waals surface area (Å²) >= 11 is -0.130. The Kier molecular flexibility index (Phi) is 4.80. The number of halogens is 3. The summed E-state index contributed by atoms with van der Waals surface area (Å²) in [5.41, 5.74) is -1.84. The van der Waals surface area contributed by atoms with E-state index in [4.69, 9.17) is 9.26 Å². The maximum Gasteiger partial charge on any atom is 0.446 e. The number of nitrogens with zero attached hydrogens (tertiary/aromatic N) is 1. The lowest BCUT2D eigenvalue weighted by Crippen LogP contribution is -1.99. The number of hydrogen-bond donors (Lipinski definition) is 0. The third-order valence-electron chi connectivity index (χ3n) is 3.15. The molecule has 3 nitrogen and oxygen atoms in total. The maximum absolute atomic E-state index is 12.3. The maximum atomic E-state index is 12.3. The highest BCUT2D eigenvalue weighted by molar-refractivity contribution is 8.00. The molecule has 0 amide bonds. The van der Waals surface area contributed by atoms with Gasteiger partial charge in [0.25, 0.3) is 0 Å². The zero-order chi connectivity index (χ0) is 17.0. The van der Waals surface area contributed by atoms with Gasteiger partial charge in [-0.1, -0.05) is 17.3 Å². The van der Waals surface area contributed by atoms with E-state index < -0.39 is 5.51 Å². The van der Waals surface area contributed by atoms with Crippen LogP contribution in [0.15, 0.2) is 70.3 Å². The second-order valence-electron chi connectivity index (χ2n) is 4.89. The van der Waals surface area contributed by atoms with E-state index in [1.54, 1.807) is 30.3 Å². The molecule has 0 bridgehead atoms. The molecule has 7 heteroatoms. The van der Waals surface area contributed by atoms with Gasteiger partial charge in [-0.25, -0.2) is 0 Å². The fourth-order valence-corrected chi connectivity index (χ4v) is 2.58. The lowest BCUT2D eigenvalue weighted by atomic mass is 10.1. The van der Waals surface area contributed by atoms with Crippen molar-refractivity contribution in [3.05, 3.63) is 66.4 Å². The Bertz CT molecular complexity index is 769. The minimum absolute atomic E-state index is 0.130. The van der Waals surface area contributed by atoms with Crippen LogP contribution in [0.1, 0.15) is 5.56 Å². The van der Waals surface area contributed by atoms with Crippen molar-refractivity contribution in [1.29, 1.82) is 0 Å². The highest BCUT2D eigenvalue weighted by Crippen LogP contribution is 2.36. The van der Waals surface area contributed by atoms with E-state index >= 15 is 0 Å². The van der Waals surface area contributed by atoms with E-state index in [0.29, 0.717) is 5.75 Å². The number of alkyl halides is 3. The van der Waals surface area contributed by atoms with Crippen LogP contribution in [-0.2, 0) is 6.61 Å². The predicted octanol–water partition coefficient (Wildman–Crippen LogP) is 5.53. The molecule has 0 fully saturated rings. The normalized spacial score (nSPS) is 11.5. The summed E-state index contributed by atoms with van der Waals surface area (Å²) in [6.07, 6.45) is 1.50. The summed E-state index contributed by atoms with van der Waals surface area (Å²) in [5, 5.41) is 3.85. The zero-order valence-corrected chi connectivity index (χ0v) is 13.1. The number of thioether (sulfide) groups is 1. The molecule has 1 heterocycles. The van der Waals surface area contributed by atoms with E-state index in [9.17, 15) is 13.2 Å². The van der Waals surface area contributed by atoms with Crippen LogP contribution in [0.25, 0.3) is 11.3 Å². The van der Waals surface area contributed by atoms with Crippen LogP contribution in [0, 0.1) is 0 Å². The highest BCUT2D eigenvalue weighted by Gasteiger charge is 2.28. The van der Waals surface area contributed by atoms with Gasteiger partial charge in [-0.2, -0.15) is 13.2 Å². The fraction of sp³-hybridized carbons (Fsp3) is 0.118. The third kappa shape index (κ3) is 4.55. The van der Waals surface area contributed by atoms with Crippen LogP contribution >= 0.6 is 11.8 Å². The van der Waals surface area contributed by atoms with Crippen LogP contribution in [0.4, 0.5) is 13.2 Å². The van der Waals surface area contributed by atoms with Crippen LogP contribution in [0.5, 0.6) is 5.75 Å². The highest BCUT2D eigenvalue weighted by atomic mass is 32.2. The van der Waals surface area contributed by atoms with Crippen molar-refractivity contribution in [3.63, 3.8) is 0 Å². The first-order chi connectivity index (χ1) is 11.5. The van der Waals surface area contributed by atoms with E-state index in [-0.39, 0.29) is 23.3 Å². The van der Waals surface area contributed by atoms with Gasteiger partial charge in [0.2, 0.25) is 0 Å². The van der Waals surface area contributed by atoms with Crippen molar-refractivity contribution >= 4 is 11.8 Å². The van der Waals surface area contributed by atoms with Gasteiger partial charge in [0.05, 0.1) is 0 Å². The van der Waals surface area contributed by atoms with Crippen molar-refractivity contribution in [2.75, 3.05) is 0 Å². The van der Waals surface area contributed by atoms with Crippen molar-refractivity contribution in [2.45, 2.75) is 17.0 Å². The smallest absolute Gasteiger partial charge is 0.446 e. The van der Waals surface area contributed by atoms with Gasteiger partial charge in [-0.15, -0.1) is 0 Å². The lowest BCUT2D eigenvalue weighted by molar-refractivity contribution is -0.0328. The van der Waals surface area contributed by atoms with Crippen molar-refractivity contribution in [1.82, 2.24) is 5.16 Å². The summed E-state index contributed by atoms with van der Waals surface area (Å²) in [5.74, 6) is 0.663. The molecule has 2 aromatic carbocycles. The van der Waals surface area contributed by atoms with Crippen LogP contribution in [0.2, 0.25) is 0 Å². The summed E-state index contributed by atoms with van der Waals surface area (Å²) in [7, 11) is 0. The van der Waals surface area contributed by atoms with Crippen LogP contribution < -0.4 is 4.74 Å². The molecule has 0 saturated carbocycles. The largest absolute Gasteiger partial charge is 0.489 e. The molecule has 0 radical (unpaired) electrons. The molecular formula is C17H12F3NO2S. The summed E-state index contributed by atoms with van der Waals surface area (Å²) in [6.45, 7) is 0.278. The van der Waals surface area contributed by atoms with Crippen LogP contribution in [0.3, 0.4) is 0 Å². The van der Waals surface area contributed by atoms with Crippen molar-refractivity contribution < 1.29 is 22.4 Å². The van der Waals surface area contributed by atoms with Crippen LogP contribution in [-0.4, -0.2) is 10.7 Å². The molecule has 0 atom stereocenters. The number of hydrogen-bond acceptors (Lipinski definition) is 4. The molecule has 0 unspecified atom stereocenters. The molecule has 0 N–H and O–H groups in total. The van der Waals surface area contributed by atoms with E-state index in [1.807, 2.05) is 12.1 Å². The average molecular weight is 351 g/mol. The number of ether oxygens (including phenoxy) is 1. The molecule has 0 aliphatic heterocycles. The van der Waals surface area contributed by atoms with E-state index in [1.165, 1.54) is 18.4 Å². The molecule has 124 valence electrons. The molecule has 0 aliphatic rings. The summed E-state index contributed by atoms with van der Waals surface area (Å²) in [4.78, 5) is 0.156. The molecular weight excluding hydrogens is 339 g/mol. The van der Waals surface area contributed by atoms with Crippen molar-refractivity contribution in [2.24, 2.45) is 0 Å². The lowest BCUT2D eigenvalue weighted by Gasteiger charge is -2.08. The number of benzene rings is 2. The predicted molar refractivity (Wildman–Crippen MR) is 84.6 cm³/mol. The Morgan fingerprint density at radius 2 is 1.67 bits per heavy atom. The van der Waals surface area contributed by atoms with E-state index in [0.717, 1.165) is 16.8 Å². The quantitative estimate of drug-likeness (QED) is 0.566. The molecule has 0 spiro atoms. The first-order valence-corrected chi connectivity index (χ1v) is 7.79. The Hall–Kier alpha value is -2.41. The minimum atomic E-state index is -4.27. The molecule has 0 saturated heterocycles. The molecule has 0 aliphatic carbocycles. The SMILES string of the molecule is FC(F)(F)Sc1ccc(COc2ccc(-c3ccon3)cc2)cc1. The molecule has 24 heavy (non-hydrogen) atoms. The molecule has 3 aromatic rings. The van der Waals surface area contributed by atoms with Gasteiger partial charge in [0.15, 0.2) is 0 Å². The topological polar surface area (TPSA) is 35.3 Å². The van der Waals surface area contributed by atoms with Gasteiger partial charge < -0.3 is 9.26 Å².